The van der Waals surface area contributed by atoms with Crippen LogP contribution >= 0.6 is 11.8 Å². The van der Waals surface area contributed by atoms with Crippen LogP contribution in [0.5, 0.6) is 5.75 Å². The average molecular weight is 444 g/mol. The molecule has 0 spiro atoms. The predicted molar refractivity (Wildman–Crippen MR) is 121 cm³/mol. The fourth-order valence-electron chi connectivity index (χ4n) is 2.48. The summed E-state index contributed by atoms with van der Waals surface area (Å²) in [5.41, 5.74) is 0.716. The third-order valence-corrected chi connectivity index (χ3v) is 5.75. The Hall–Kier alpha value is -2.80. The third-order valence-electron chi connectivity index (χ3n) is 4.58. The molecule has 2 rings (SSSR count). The summed E-state index contributed by atoms with van der Waals surface area (Å²) in [6.07, 6.45) is 0. The number of ketones is 1. The number of carbonyl (C=O) groups excluding carboxylic acids is 3. The van der Waals surface area contributed by atoms with Crippen LogP contribution in [0, 0.1) is 5.41 Å². The van der Waals surface area contributed by atoms with Crippen LogP contribution in [-0.4, -0.2) is 36.6 Å². The van der Waals surface area contributed by atoms with Crippen LogP contribution in [0.4, 0.5) is 0 Å². The van der Waals surface area contributed by atoms with Crippen LogP contribution in [0.25, 0.3) is 0 Å². The molecule has 0 aromatic heterocycles. The van der Waals surface area contributed by atoms with Crippen LogP contribution in [0.3, 0.4) is 0 Å². The Morgan fingerprint density at radius 3 is 2.29 bits per heavy atom. The van der Waals surface area contributed by atoms with E-state index in [2.05, 4.69) is 5.32 Å². The number of amides is 1. The molecular formula is C24H29NO5S. The molecule has 0 saturated carbocycles. The molecule has 6 nitrogen and oxygen atoms in total. The van der Waals surface area contributed by atoms with Gasteiger partial charge in [-0.2, -0.15) is 0 Å². The molecule has 0 fully saturated rings. The zero-order valence-electron chi connectivity index (χ0n) is 18.6. The summed E-state index contributed by atoms with van der Waals surface area (Å²) in [5, 5.41) is 2.47. The number of hydrogen-bond donors (Lipinski definition) is 1. The second-order valence-electron chi connectivity index (χ2n) is 8.07. The van der Waals surface area contributed by atoms with Crippen molar-refractivity contribution in [2.45, 2.75) is 44.4 Å². The van der Waals surface area contributed by atoms with Crippen molar-refractivity contribution >= 4 is 29.4 Å². The Labute approximate surface area is 187 Å². The van der Waals surface area contributed by atoms with Crippen LogP contribution in [0.15, 0.2) is 53.4 Å². The van der Waals surface area contributed by atoms with Gasteiger partial charge in [0.15, 0.2) is 12.4 Å². The van der Waals surface area contributed by atoms with Crippen molar-refractivity contribution in [2.75, 3.05) is 13.7 Å². The number of carbonyl (C=O) groups is 3. The summed E-state index contributed by atoms with van der Waals surface area (Å²) < 4.78 is 10.3. The lowest BCUT2D eigenvalue weighted by Gasteiger charge is -2.17. The maximum Gasteiger partial charge on any atom is 0.339 e. The molecule has 1 amide bonds. The van der Waals surface area contributed by atoms with Crippen LogP contribution < -0.4 is 10.1 Å². The maximum atomic E-state index is 12.5. The quantitative estimate of drug-likeness (QED) is 0.461. The third kappa shape index (κ3) is 7.43. The van der Waals surface area contributed by atoms with E-state index in [1.165, 1.54) is 11.8 Å². The topological polar surface area (TPSA) is 81.7 Å². The van der Waals surface area contributed by atoms with E-state index in [4.69, 9.17) is 9.47 Å². The Morgan fingerprint density at radius 2 is 1.68 bits per heavy atom. The number of thioether (sulfide) groups is 1. The van der Waals surface area contributed by atoms with E-state index in [9.17, 15) is 14.4 Å². The molecule has 0 saturated heterocycles. The van der Waals surface area contributed by atoms with E-state index in [0.717, 1.165) is 11.3 Å². The van der Waals surface area contributed by atoms with Crippen LogP contribution in [-0.2, 0) is 20.9 Å². The zero-order chi connectivity index (χ0) is 23.0. The Balaban J connectivity index is 1.96. The minimum atomic E-state index is -0.578. The van der Waals surface area contributed by atoms with Crippen LogP contribution in [0.2, 0.25) is 0 Å². The van der Waals surface area contributed by atoms with Gasteiger partial charge < -0.3 is 14.8 Å². The normalized spacial score (nSPS) is 12.0. The van der Waals surface area contributed by atoms with Gasteiger partial charge in [0.05, 0.1) is 17.9 Å². The highest BCUT2D eigenvalue weighted by molar-refractivity contribution is 8.00. The van der Waals surface area contributed by atoms with Crippen molar-refractivity contribution in [1.29, 1.82) is 0 Å². The molecule has 0 bridgehead atoms. The SMILES string of the molecule is COc1ccc(CNC(=O)C(C)Sc2ccccc2C(=O)OCC(=O)C(C)(C)C)cc1. The van der Waals surface area contributed by atoms with E-state index >= 15 is 0 Å². The molecule has 0 aliphatic heterocycles. The molecule has 7 heteroatoms. The monoisotopic (exact) mass is 443 g/mol. The summed E-state index contributed by atoms with van der Waals surface area (Å²) in [5.74, 6) is -0.123. The maximum absolute atomic E-state index is 12.5. The highest BCUT2D eigenvalue weighted by atomic mass is 32.2. The summed E-state index contributed by atoms with van der Waals surface area (Å²) >= 11 is 1.27. The van der Waals surface area contributed by atoms with Crippen molar-refractivity contribution in [3.8, 4) is 5.75 Å². The molecule has 0 heterocycles. The van der Waals surface area contributed by atoms with Gasteiger partial charge in [-0.1, -0.05) is 45.0 Å². The van der Waals surface area contributed by atoms with Gasteiger partial charge in [0.1, 0.15) is 5.75 Å². The van der Waals surface area contributed by atoms with Gasteiger partial charge in [-0.05, 0) is 36.8 Å². The van der Waals surface area contributed by atoms with E-state index in [0.29, 0.717) is 17.0 Å². The number of ether oxygens (including phenoxy) is 2. The lowest BCUT2D eigenvalue weighted by Crippen LogP contribution is -2.30. The second-order valence-corrected chi connectivity index (χ2v) is 9.45. The fourth-order valence-corrected chi connectivity index (χ4v) is 3.49. The van der Waals surface area contributed by atoms with Gasteiger partial charge in [-0.15, -0.1) is 11.8 Å². The van der Waals surface area contributed by atoms with Crippen molar-refractivity contribution in [3.05, 3.63) is 59.7 Å². The van der Waals surface area contributed by atoms with Gasteiger partial charge >= 0.3 is 5.97 Å². The van der Waals surface area contributed by atoms with Gasteiger partial charge in [-0.3, -0.25) is 9.59 Å². The summed E-state index contributed by atoms with van der Waals surface area (Å²) in [4.78, 5) is 37.7. The molecular weight excluding hydrogens is 414 g/mol. The molecule has 0 radical (unpaired) electrons. The number of esters is 1. The van der Waals surface area contributed by atoms with Crippen molar-refractivity contribution < 1.29 is 23.9 Å². The number of methoxy groups -OCH3 is 1. The van der Waals surface area contributed by atoms with Crippen molar-refractivity contribution in [2.24, 2.45) is 5.41 Å². The number of Topliss-reactive ketones (excluding diaryl/α,β-unsaturated/α-hetero) is 1. The van der Waals surface area contributed by atoms with Crippen LogP contribution in [0.1, 0.15) is 43.6 Å². The molecule has 1 atom stereocenters. The van der Waals surface area contributed by atoms with Crippen molar-refractivity contribution in [3.63, 3.8) is 0 Å². The first-order valence-electron chi connectivity index (χ1n) is 9.98. The number of rotatable bonds is 9. The smallest absolute Gasteiger partial charge is 0.339 e. The fraction of sp³-hybridized carbons (Fsp3) is 0.375. The van der Waals surface area contributed by atoms with Crippen molar-refractivity contribution in [1.82, 2.24) is 5.32 Å². The number of nitrogens with one attached hydrogen (secondary N) is 1. The summed E-state index contributed by atoms with van der Waals surface area (Å²) in [6.45, 7) is 7.22. The van der Waals surface area contributed by atoms with Gasteiger partial charge in [0, 0.05) is 16.9 Å². The first kappa shape index (κ1) is 24.5. The minimum Gasteiger partial charge on any atom is -0.497 e. The number of hydrogen-bond acceptors (Lipinski definition) is 6. The molecule has 1 unspecified atom stereocenters. The summed E-state index contributed by atoms with van der Waals surface area (Å²) in [6, 6.07) is 14.4. The first-order chi connectivity index (χ1) is 14.6. The largest absolute Gasteiger partial charge is 0.497 e. The first-order valence-corrected chi connectivity index (χ1v) is 10.9. The van der Waals surface area contributed by atoms with E-state index in [1.54, 1.807) is 59.1 Å². The molecule has 2 aromatic carbocycles. The molecule has 2 aromatic rings. The minimum absolute atomic E-state index is 0.146. The highest BCUT2D eigenvalue weighted by Crippen LogP contribution is 2.28. The number of benzene rings is 2. The lowest BCUT2D eigenvalue weighted by atomic mass is 9.91. The molecule has 31 heavy (non-hydrogen) atoms. The van der Waals surface area contributed by atoms with Gasteiger partial charge in [0.2, 0.25) is 5.91 Å². The van der Waals surface area contributed by atoms with E-state index in [-0.39, 0.29) is 18.3 Å². The molecule has 1 N–H and O–H groups in total. The summed E-state index contributed by atoms with van der Waals surface area (Å²) in [7, 11) is 1.60. The molecule has 166 valence electrons. The average Bonchev–Trinajstić information content (AvgIpc) is 2.75. The van der Waals surface area contributed by atoms with Gasteiger partial charge in [-0.25, -0.2) is 4.79 Å². The highest BCUT2D eigenvalue weighted by Gasteiger charge is 2.24. The standard InChI is InChI=1S/C24H29NO5S/c1-16(22(27)25-14-17-10-12-18(29-5)13-11-17)31-20-9-7-6-8-19(20)23(28)30-15-21(26)24(2,3)4/h6-13,16H,14-15H2,1-5H3,(H,25,27). The predicted octanol–water partition coefficient (Wildman–Crippen LogP) is 4.26. The Bertz CT molecular complexity index is 918. The zero-order valence-corrected chi connectivity index (χ0v) is 19.4. The Morgan fingerprint density at radius 1 is 1.03 bits per heavy atom. The molecule has 0 aliphatic rings. The Kier molecular flexibility index (Phi) is 8.68. The lowest BCUT2D eigenvalue weighted by molar-refractivity contribution is -0.129. The molecule has 0 aliphatic carbocycles. The van der Waals surface area contributed by atoms with E-state index < -0.39 is 16.6 Å². The van der Waals surface area contributed by atoms with Gasteiger partial charge in [0.25, 0.3) is 0 Å². The second kappa shape index (κ2) is 11.0. The van der Waals surface area contributed by atoms with E-state index in [1.807, 2.05) is 24.3 Å².